The summed E-state index contributed by atoms with van der Waals surface area (Å²) >= 11 is 0. The minimum absolute atomic E-state index is 0.0104. The highest BCUT2D eigenvalue weighted by molar-refractivity contribution is 5.84. The van der Waals surface area contributed by atoms with Crippen molar-refractivity contribution in [3.8, 4) is 0 Å². The second-order valence-electron chi connectivity index (χ2n) is 8.78. The van der Waals surface area contributed by atoms with Crippen molar-refractivity contribution in [3.05, 3.63) is 106 Å². The Kier molecular flexibility index (Phi) is 7.62. The van der Waals surface area contributed by atoms with E-state index in [1.807, 2.05) is 24.5 Å². The zero-order chi connectivity index (χ0) is 25.9. The Morgan fingerprint density at radius 2 is 1.36 bits per heavy atom. The molecule has 8 heteroatoms. The van der Waals surface area contributed by atoms with Gasteiger partial charge in [-0.3, -0.25) is 0 Å². The van der Waals surface area contributed by atoms with Crippen LogP contribution in [0, 0.1) is 17.5 Å². The first-order valence-electron chi connectivity index (χ1n) is 11.7. The fraction of sp³-hybridized carbons (Fsp3) is 0.286. The first-order chi connectivity index (χ1) is 17.2. The van der Waals surface area contributed by atoms with Gasteiger partial charge in [0.25, 0.3) is 0 Å². The van der Waals surface area contributed by atoms with Gasteiger partial charge in [0.05, 0.1) is 0 Å². The lowest BCUT2D eigenvalue weighted by atomic mass is 9.97. The predicted octanol–water partition coefficient (Wildman–Crippen LogP) is 7.59. The summed E-state index contributed by atoms with van der Waals surface area (Å²) in [7, 11) is 0. The van der Waals surface area contributed by atoms with Crippen LogP contribution in [0.3, 0.4) is 0 Å². The maximum Gasteiger partial charge on any atom is 0.422 e. The van der Waals surface area contributed by atoms with Gasteiger partial charge in [-0.25, -0.2) is 23.1 Å². The predicted molar refractivity (Wildman–Crippen MR) is 126 cm³/mol. The van der Waals surface area contributed by atoms with Gasteiger partial charge in [0, 0.05) is 24.2 Å². The molecule has 1 heterocycles. The SMILES string of the molecule is CCCc1cnc(CCc2ccc3c(F)c(CCc4cc(F)c(C(F)(F)F)c(F)c4)ccc3c2)nc1. The molecule has 1 aromatic heterocycles. The summed E-state index contributed by atoms with van der Waals surface area (Å²) in [6.07, 6.45) is 1.95. The quantitative estimate of drug-likeness (QED) is 0.232. The van der Waals surface area contributed by atoms with E-state index in [1.165, 1.54) is 0 Å². The Morgan fingerprint density at radius 1 is 0.694 bits per heavy atom. The number of hydrogen-bond acceptors (Lipinski definition) is 2. The Balaban J connectivity index is 1.45. The summed E-state index contributed by atoms with van der Waals surface area (Å²) in [5.41, 5.74) is 0.534. The van der Waals surface area contributed by atoms with Crippen LogP contribution >= 0.6 is 0 Å². The van der Waals surface area contributed by atoms with E-state index >= 15 is 4.39 Å². The Labute approximate surface area is 205 Å². The van der Waals surface area contributed by atoms with Gasteiger partial charge in [-0.15, -0.1) is 0 Å². The molecule has 0 spiro atoms. The third-order valence-corrected chi connectivity index (χ3v) is 6.10. The second-order valence-corrected chi connectivity index (χ2v) is 8.78. The van der Waals surface area contributed by atoms with Crippen molar-refractivity contribution in [1.29, 1.82) is 0 Å². The lowest BCUT2D eigenvalue weighted by molar-refractivity contribution is -0.142. The molecule has 4 aromatic rings. The normalized spacial score (nSPS) is 11.9. The first-order valence-corrected chi connectivity index (χ1v) is 11.7. The molecule has 3 aromatic carbocycles. The number of aryl methyl sites for hydroxylation is 5. The third-order valence-electron chi connectivity index (χ3n) is 6.10. The monoisotopic (exact) mass is 502 g/mol. The molecule has 0 aliphatic rings. The minimum atomic E-state index is -5.12. The average Bonchev–Trinajstić information content (AvgIpc) is 2.82. The Morgan fingerprint density at radius 3 is 2.00 bits per heavy atom. The zero-order valence-corrected chi connectivity index (χ0v) is 19.6. The summed E-state index contributed by atoms with van der Waals surface area (Å²) in [4.78, 5) is 8.80. The van der Waals surface area contributed by atoms with E-state index in [9.17, 15) is 22.0 Å². The maximum absolute atomic E-state index is 15.1. The molecule has 188 valence electrons. The van der Waals surface area contributed by atoms with Crippen molar-refractivity contribution in [1.82, 2.24) is 9.97 Å². The van der Waals surface area contributed by atoms with Crippen molar-refractivity contribution in [3.63, 3.8) is 0 Å². The van der Waals surface area contributed by atoms with Crippen molar-refractivity contribution in [2.24, 2.45) is 0 Å². The standard InChI is InChI=1S/C28H24F6N2/c1-2-3-19-15-35-25(36-16-19)11-6-17-5-10-22-21(12-17)9-8-20(27(22)31)7-4-18-13-23(29)26(24(30)14-18)28(32,33)34/h5,8-10,12-16H,2-4,6-7,11H2,1H3. The van der Waals surface area contributed by atoms with Gasteiger partial charge in [-0.05, 0) is 65.5 Å². The number of nitrogens with zero attached hydrogens (tertiary/aromatic N) is 2. The van der Waals surface area contributed by atoms with Gasteiger partial charge in [0.2, 0.25) is 0 Å². The lowest BCUT2D eigenvalue weighted by Gasteiger charge is -2.12. The average molecular weight is 503 g/mol. The molecule has 4 rings (SSSR count). The van der Waals surface area contributed by atoms with Crippen molar-refractivity contribution in [2.45, 2.75) is 51.6 Å². The van der Waals surface area contributed by atoms with Crippen molar-refractivity contribution < 1.29 is 26.3 Å². The summed E-state index contributed by atoms with van der Waals surface area (Å²) in [5, 5.41) is 1.11. The summed E-state index contributed by atoms with van der Waals surface area (Å²) in [6.45, 7) is 2.10. The van der Waals surface area contributed by atoms with Crippen molar-refractivity contribution >= 4 is 10.8 Å². The van der Waals surface area contributed by atoms with Crippen LogP contribution in [0.4, 0.5) is 26.3 Å². The van der Waals surface area contributed by atoms with Crippen molar-refractivity contribution in [2.75, 3.05) is 0 Å². The van der Waals surface area contributed by atoms with E-state index in [0.717, 1.165) is 29.8 Å². The minimum Gasteiger partial charge on any atom is -0.241 e. The number of fused-ring (bicyclic) bond motifs is 1. The number of aromatic nitrogens is 2. The fourth-order valence-electron chi connectivity index (χ4n) is 4.24. The molecule has 0 amide bonds. The van der Waals surface area contributed by atoms with Crippen LogP contribution in [0.5, 0.6) is 0 Å². The third kappa shape index (κ3) is 5.86. The second kappa shape index (κ2) is 10.7. The molecule has 36 heavy (non-hydrogen) atoms. The van der Waals surface area contributed by atoms with Gasteiger partial charge in [0.1, 0.15) is 28.8 Å². The summed E-state index contributed by atoms with van der Waals surface area (Å²) in [6, 6.07) is 10.1. The number of halogens is 6. The molecule has 0 radical (unpaired) electrons. The molecule has 0 aliphatic carbocycles. The van der Waals surface area contributed by atoms with E-state index < -0.39 is 29.2 Å². The van der Waals surface area contributed by atoms with Crippen LogP contribution in [0.15, 0.2) is 54.9 Å². The highest BCUT2D eigenvalue weighted by atomic mass is 19.4. The fourth-order valence-corrected chi connectivity index (χ4v) is 4.24. The molecule has 0 saturated carbocycles. The van der Waals surface area contributed by atoms with Gasteiger partial charge in [0.15, 0.2) is 0 Å². The first kappa shape index (κ1) is 25.7. The molecule has 0 atom stereocenters. The number of hydrogen-bond donors (Lipinski definition) is 0. The van der Waals surface area contributed by atoms with E-state index in [2.05, 4.69) is 16.9 Å². The van der Waals surface area contributed by atoms with Crippen LogP contribution in [0.1, 0.15) is 47.0 Å². The number of benzene rings is 3. The van der Waals surface area contributed by atoms with Gasteiger partial charge >= 0.3 is 6.18 Å². The maximum atomic E-state index is 15.1. The van der Waals surface area contributed by atoms with E-state index in [0.29, 0.717) is 41.3 Å². The Hall–Kier alpha value is -3.42. The lowest BCUT2D eigenvalue weighted by Crippen LogP contribution is -2.12. The topological polar surface area (TPSA) is 25.8 Å². The van der Waals surface area contributed by atoms with Crippen LogP contribution in [-0.4, -0.2) is 9.97 Å². The zero-order valence-electron chi connectivity index (χ0n) is 19.6. The summed E-state index contributed by atoms with van der Waals surface area (Å²) in [5.74, 6) is -3.06. The largest absolute Gasteiger partial charge is 0.422 e. The van der Waals surface area contributed by atoms with Crippen LogP contribution in [0.2, 0.25) is 0 Å². The molecule has 0 aliphatic heterocycles. The molecule has 0 unspecified atom stereocenters. The molecule has 0 bridgehead atoms. The molecule has 2 nitrogen and oxygen atoms in total. The molecular weight excluding hydrogens is 478 g/mol. The smallest absolute Gasteiger partial charge is 0.241 e. The molecule has 0 saturated heterocycles. The molecular formula is C28H24F6N2. The van der Waals surface area contributed by atoms with Crippen LogP contribution < -0.4 is 0 Å². The van der Waals surface area contributed by atoms with E-state index in [4.69, 9.17) is 0 Å². The van der Waals surface area contributed by atoms with E-state index in [1.54, 1.807) is 18.2 Å². The number of alkyl halides is 3. The van der Waals surface area contributed by atoms with Gasteiger partial charge in [-0.1, -0.05) is 43.7 Å². The van der Waals surface area contributed by atoms with Gasteiger partial charge in [-0.2, -0.15) is 13.2 Å². The van der Waals surface area contributed by atoms with E-state index in [-0.39, 0.29) is 18.4 Å². The molecule has 0 fully saturated rings. The van der Waals surface area contributed by atoms with Crippen LogP contribution in [0.25, 0.3) is 10.8 Å². The highest BCUT2D eigenvalue weighted by Gasteiger charge is 2.37. The summed E-state index contributed by atoms with van der Waals surface area (Å²) < 4.78 is 81.1. The highest BCUT2D eigenvalue weighted by Crippen LogP contribution is 2.34. The van der Waals surface area contributed by atoms with Gasteiger partial charge < -0.3 is 0 Å². The van der Waals surface area contributed by atoms with Crippen LogP contribution in [-0.2, 0) is 38.3 Å². The molecule has 0 N–H and O–H groups in total. The Bertz CT molecular complexity index is 1340. The number of rotatable bonds is 8.